The summed E-state index contributed by atoms with van der Waals surface area (Å²) >= 11 is 0. The van der Waals surface area contributed by atoms with Crippen LogP contribution in [0.2, 0.25) is 10.1 Å². The molecule has 0 N–H and O–H groups in total. The van der Waals surface area contributed by atoms with Crippen molar-refractivity contribution in [3.05, 3.63) is 12.3 Å². The molecule has 0 spiro atoms. The number of hydrogen-bond donors (Lipinski definition) is 0. The molecule has 0 radical (unpaired) electrons. The fourth-order valence-electron chi connectivity index (χ4n) is 2.61. The van der Waals surface area contributed by atoms with Crippen molar-refractivity contribution in [3.8, 4) is 0 Å². The Balaban J connectivity index is 3.45. The molecule has 1 aromatic heterocycles. The Morgan fingerprint density at radius 3 is 1.81 bits per heavy atom. The second-order valence-electron chi connectivity index (χ2n) is 6.50. The molecule has 16 heavy (non-hydrogen) atoms. The number of aryl methyl sites for hydroxylation is 1. The summed E-state index contributed by atoms with van der Waals surface area (Å²) in [5.74, 6) is 0. The van der Waals surface area contributed by atoms with E-state index in [1.807, 2.05) is 54.7 Å². The van der Waals surface area contributed by atoms with Gasteiger partial charge >= 0.3 is 8.41 Å². The van der Waals surface area contributed by atoms with Crippen molar-refractivity contribution in [2.45, 2.75) is 51.6 Å². The highest BCUT2D eigenvalue weighted by molar-refractivity contribution is 6.90. The molecular weight excluding hydrogens is 219 g/mol. The molecule has 0 atom stereocenters. The zero-order valence-electron chi connectivity index (χ0n) is 11.4. The van der Waals surface area contributed by atoms with Gasteiger partial charge in [-0.15, -0.1) is 0 Å². The van der Waals surface area contributed by atoms with Gasteiger partial charge in [-0.05, 0) is 16.1 Å². The highest BCUT2D eigenvalue weighted by Gasteiger charge is 2.58. The SMILES string of the molecule is Cn1nccc1[Si](F)(C(C)(C)C)C(C)(C)C. The van der Waals surface area contributed by atoms with Crippen molar-refractivity contribution in [2.75, 3.05) is 0 Å². The molecule has 0 aliphatic heterocycles. The molecule has 0 saturated carbocycles. The maximum Gasteiger partial charge on any atom is 0.305 e. The van der Waals surface area contributed by atoms with Crippen molar-refractivity contribution in [2.24, 2.45) is 7.05 Å². The van der Waals surface area contributed by atoms with Crippen LogP contribution in [0.1, 0.15) is 41.5 Å². The van der Waals surface area contributed by atoms with E-state index in [0.29, 0.717) is 0 Å². The normalized spacial score (nSPS) is 14.2. The van der Waals surface area contributed by atoms with Gasteiger partial charge in [0.05, 0.1) is 5.32 Å². The third kappa shape index (κ3) is 1.83. The summed E-state index contributed by atoms with van der Waals surface area (Å²) in [6.07, 6.45) is 1.69. The first-order chi connectivity index (χ1) is 7.02. The Morgan fingerprint density at radius 1 is 1.12 bits per heavy atom. The van der Waals surface area contributed by atoms with E-state index < -0.39 is 8.41 Å². The van der Waals surface area contributed by atoms with E-state index in [2.05, 4.69) is 5.10 Å². The van der Waals surface area contributed by atoms with E-state index in [-0.39, 0.29) is 10.1 Å². The highest BCUT2D eigenvalue weighted by Crippen LogP contribution is 2.51. The van der Waals surface area contributed by atoms with E-state index in [4.69, 9.17) is 0 Å². The molecule has 0 unspecified atom stereocenters. The summed E-state index contributed by atoms with van der Waals surface area (Å²) in [6, 6.07) is 1.84. The van der Waals surface area contributed by atoms with Crippen LogP contribution in [-0.4, -0.2) is 18.2 Å². The van der Waals surface area contributed by atoms with Gasteiger partial charge < -0.3 is 4.11 Å². The number of hydrogen-bond acceptors (Lipinski definition) is 1. The molecule has 1 rings (SSSR count). The van der Waals surface area contributed by atoms with Crippen molar-refractivity contribution < 1.29 is 4.11 Å². The molecule has 0 bridgehead atoms. The monoisotopic (exact) mass is 242 g/mol. The first-order valence-electron chi connectivity index (χ1n) is 5.69. The van der Waals surface area contributed by atoms with Gasteiger partial charge in [0.2, 0.25) is 0 Å². The molecule has 1 heterocycles. The molecule has 92 valence electrons. The maximum atomic E-state index is 15.7. The lowest BCUT2D eigenvalue weighted by Gasteiger charge is -2.44. The summed E-state index contributed by atoms with van der Waals surface area (Å²) in [4.78, 5) is 0. The van der Waals surface area contributed by atoms with Gasteiger partial charge in [-0.2, -0.15) is 5.10 Å². The number of nitrogens with zero attached hydrogens (tertiary/aromatic N) is 2. The fourth-order valence-corrected chi connectivity index (χ4v) is 7.20. The minimum atomic E-state index is -3.12. The summed E-state index contributed by atoms with van der Waals surface area (Å²) in [5, 5.41) is 4.24. The largest absolute Gasteiger partial charge is 0.305 e. The Labute approximate surface area is 99.0 Å². The quantitative estimate of drug-likeness (QED) is 0.546. The second kappa shape index (κ2) is 3.69. The maximum absolute atomic E-state index is 15.7. The van der Waals surface area contributed by atoms with Crippen LogP contribution in [0.4, 0.5) is 4.11 Å². The predicted octanol–water partition coefficient (Wildman–Crippen LogP) is 3.14. The summed E-state index contributed by atoms with van der Waals surface area (Å²) < 4.78 is 17.4. The summed E-state index contributed by atoms with van der Waals surface area (Å²) in [6.45, 7) is 12.0. The molecule has 0 saturated heterocycles. The van der Waals surface area contributed by atoms with Crippen molar-refractivity contribution >= 4 is 13.7 Å². The van der Waals surface area contributed by atoms with Gasteiger partial charge in [0.25, 0.3) is 0 Å². The molecule has 0 aliphatic carbocycles. The summed E-state index contributed by atoms with van der Waals surface area (Å²) in [5.41, 5.74) is 0. The molecule has 2 nitrogen and oxygen atoms in total. The Bertz CT molecular complexity index is 357. The van der Waals surface area contributed by atoms with Crippen LogP contribution in [-0.2, 0) is 7.05 Å². The smallest absolute Gasteiger partial charge is 0.305 e. The first-order valence-corrected chi connectivity index (χ1v) is 7.57. The van der Waals surface area contributed by atoms with Crippen molar-refractivity contribution in [3.63, 3.8) is 0 Å². The molecule has 0 aliphatic rings. The third-order valence-electron chi connectivity index (χ3n) is 3.24. The number of aromatic nitrogens is 2. The Hall–Kier alpha value is -0.643. The highest BCUT2D eigenvalue weighted by atomic mass is 28.4. The van der Waals surface area contributed by atoms with Crippen LogP contribution in [0.3, 0.4) is 0 Å². The van der Waals surface area contributed by atoms with Crippen molar-refractivity contribution in [1.82, 2.24) is 9.78 Å². The van der Waals surface area contributed by atoms with E-state index in [1.54, 1.807) is 10.9 Å². The first kappa shape index (κ1) is 13.4. The molecule has 1 aromatic rings. The van der Waals surface area contributed by atoms with Gasteiger partial charge in [0.1, 0.15) is 0 Å². The van der Waals surface area contributed by atoms with Gasteiger partial charge in [0.15, 0.2) is 0 Å². The molecule has 0 aromatic carbocycles. The van der Waals surface area contributed by atoms with E-state index in [0.717, 1.165) is 5.32 Å². The third-order valence-corrected chi connectivity index (χ3v) is 8.57. The average molecular weight is 242 g/mol. The van der Waals surface area contributed by atoms with Gasteiger partial charge in [-0.3, -0.25) is 4.68 Å². The number of rotatable bonds is 1. The summed E-state index contributed by atoms with van der Waals surface area (Å²) in [7, 11) is -1.29. The lowest BCUT2D eigenvalue weighted by molar-refractivity contribution is 0.528. The van der Waals surface area contributed by atoms with E-state index in [1.165, 1.54) is 0 Å². The average Bonchev–Trinajstić information content (AvgIpc) is 2.46. The standard InChI is InChI=1S/C12H23FN2Si/c1-11(2,3)16(13,12(4,5)6)10-8-9-14-15(10)7/h8-9H,1-7H3. The van der Waals surface area contributed by atoms with Gasteiger partial charge in [-0.1, -0.05) is 41.5 Å². The molecule has 0 fully saturated rings. The zero-order chi connectivity index (χ0) is 12.8. The van der Waals surface area contributed by atoms with Crippen LogP contribution in [0.25, 0.3) is 0 Å². The molecule has 0 amide bonds. The Morgan fingerprint density at radius 2 is 1.56 bits per heavy atom. The number of halogens is 1. The van der Waals surface area contributed by atoms with E-state index in [9.17, 15) is 0 Å². The van der Waals surface area contributed by atoms with Gasteiger partial charge in [0, 0.05) is 13.2 Å². The van der Waals surface area contributed by atoms with Crippen LogP contribution >= 0.6 is 0 Å². The molecule has 4 heteroatoms. The zero-order valence-corrected chi connectivity index (χ0v) is 12.4. The van der Waals surface area contributed by atoms with Crippen LogP contribution < -0.4 is 5.32 Å². The Kier molecular flexibility index (Phi) is 3.09. The van der Waals surface area contributed by atoms with Crippen LogP contribution in [0.5, 0.6) is 0 Å². The van der Waals surface area contributed by atoms with Crippen LogP contribution in [0.15, 0.2) is 12.3 Å². The van der Waals surface area contributed by atoms with Crippen molar-refractivity contribution in [1.29, 1.82) is 0 Å². The second-order valence-corrected chi connectivity index (χ2v) is 11.3. The minimum absolute atomic E-state index is 0.334. The van der Waals surface area contributed by atoms with Gasteiger partial charge in [-0.25, -0.2) is 0 Å². The minimum Gasteiger partial charge on any atom is -0.305 e. The van der Waals surface area contributed by atoms with Crippen LogP contribution in [0, 0.1) is 0 Å². The predicted molar refractivity (Wildman–Crippen MR) is 69.1 cm³/mol. The molecular formula is C12H23FN2Si. The van der Waals surface area contributed by atoms with E-state index >= 15 is 4.11 Å². The fraction of sp³-hybridized carbons (Fsp3) is 0.750. The lowest BCUT2D eigenvalue weighted by atomic mass is 10.2. The lowest BCUT2D eigenvalue weighted by Crippen LogP contribution is -2.60. The topological polar surface area (TPSA) is 17.8 Å².